The molecule has 1 aromatic rings. The highest BCUT2D eigenvalue weighted by atomic mass is 19.1. The second-order valence-electron chi connectivity index (χ2n) is 8.09. The summed E-state index contributed by atoms with van der Waals surface area (Å²) in [5.74, 6) is -6.47. The van der Waals surface area contributed by atoms with Gasteiger partial charge in [-0.05, 0) is 6.92 Å². The molecule has 3 atom stereocenters. The summed E-state index contributed by atoms with van der Waals surface area (Å²) in [5.41, 5.74) is -3.41. The van der Waals surface area contributed by atoms with Crippen LogP contribution in [0.15, 0.2) is 40.5 Å². The zero-order valence-electron chi connectivity index (χ0n) is 16.6. The fraction of sp³-hybridized carbons (Fsp3) is 0.400. The Labute approximate surface area is 179 Å². The third kappa shape index (κ3) is 3.39. The maximum atomic E-state index is 15.1. The molecule has 4 rings (SSSR count). The Hall–Kier alpha value is -2.80. The van der Waals surface area contributed by atoms with E-state index in [1.165, 1.54) is 11.8 Å². The lowest BCUT2D eigenvalue weighted by Gasteiger charge is -2.43. The molecule has 3 heterocycles. The van der Waals surface area contributed by atoms with Gasteiger partial charge < -0.3 is 25.3 Å². The summed E-state index contributed by atoms with van der Waals surface area (Å²) in [7, 11) is 0. The van der Waals surface area contributed by atoms with Gasteiger partial charge in [0.25, 0.3) is 0 Å². The number of anilines is 1. The van der Waals surface area contributed by atoms with Crippen LogP contribution in [-0.4, -0.2) is 68.5 Å². The number of carbonyl (C=O) groups excluding carboxylic acids is 1. The SMILES string of the molecule is CC12CC(F)=C(N3C[C@@H](O)[C@H](O)C3)N=C1N(c1c(F)cc(F)cc1F)C=C(C(O)O)C2=O. The van der Waals surface area contributed by atoms with Crippen molar-refractivity contribution in [2.75, 3.05) is 18.0 Å². The van der Waals surface area contributed by atoms with Crippen molar-refractivity contribution in [1.29, 1.82) is 0 Å². The van der Waals surface area contributed by atoms with E-state index in [1.54, 1.807) is 0 Å². The highest BCUT2D eigenvalue weighted by Crippen LogP contribution is 2.45. The molecule has 172 valence electrons. The summed E-state index contributed by atoms with van der Waals surface area (Å²) in [4.78, 5) is 19.0. The van der Waals surface area contributed by atoms with Crippen LogP contribution in [-0.2, 0) is 4.79 Å². The van der Waals surface area contributed by atoms with Gasteiger partial charge in [-0.15, -0.1) is 0 Å². The molecule has 0 saturated carbocycles. The van der Waals surface area contributed by atoms with Crippen molar-refractivity contribution in [1.82, 2.24) is 4.90 Å². The first-order chi connectivity index (χ1) is 14.9. The smallest absolute Gasteiger partial charge is 0.183 e. The molecule has 32 heavy (non-hydrogen) atoms. The van der Waals surface area contributed by atoms with Crippen molar-refractivity contribution in [2.24, 2.45) is 10.4 Å². The van der Waals surface area contributed by atoms with Gasteiger partial charge in [-0.2, -0.15) is 0 Å². The van der Waals surface area contributed by atoms with Gasteiger partial charge in [-0.3, -0.25) is 9.69 Å². The highest BCUT2D eigenvalue weighted by molar-refractivity contribution is 6.24. The number of ketones is 1. The number of aliphatic hydroxyl groups excluding tert-OH is 3. The summed E-state index contributed by atoms with van der Waals surface area (Å²) in [6, 6.07) is 0.784. The molecule has 8 nitrogen and oxygen atoms in total. The van der Waals surface area contributed by atoms with E-state index >= 15 is 4.39 Å². The molecule has 0 amide bonds. The molecule has 1 fully saturated rings. The lowest BCUT2D eigenvalue weighted by Crippen LogP contribution is -2.53. The standard InChI is InChI=1S/C20H19F4N3O5/c1-20-4-12(24)17(26-6-13(28)14(29)7-26)25-19(20)27(5-9(16(20)30)18(31)32)15-10(22)2-8(21)3-11(15)23/h2-3,5,13-14,18,28-29,31-32H,4,6-7H2,1H3/t13-,14-,20?/m1/s1. The molecule has 1 unspecified atom stereocenters. The van der Waals surface area contributed by atoms with Gasteiger partial charge in [0.15, 0.2) is 29.5 Å². The van der Waals surface area contributed by atoms with Gasteiger partial charge >= 0.3 is 0 Å². The summed E-state index contributed by atoms with van der Waals surface area (Å²) < 4.78 is 57.7. The number of amidine groups is 1. The Morgan fingerprint density at radius 1 is 1.09 bits per heavy atom. The predicted molar refractivity (Wildman–Crippen MR) is 102 cm³/mol. The highest BCUT2D eigenvalue weighted by Gasteiger charge is 2.52. The number of halogens is 4. The number of hydrogen-bond acceptors (Lipinski definition) is 8. The monoisotopic (exact) mass is 457 g/mol. The van der Waals surface area contributed by atoms with Crippen LogP contribution >= 0.6 is 0 Å². The molecular formula is C20H19F4N3O5. The van der Waals surface area contributed by atoms with Crippen LogP contribution in [0.2, 0.25) is 0 Å². The van der Waals surface area contributed by atoms with Crippen LogP contribution in [0.25, 0.3) is 0 Å². The largest absolute Gasteiger partial charge is 0.389 e. The van der Waals surface area contributed by atoms with Gasteiger partial charge in [0.1, 0.15) is 23.2 Å². The second-order valence-corrected chi connectivity index (χ2v) is 8.09. The van der Waals surface area contributed by atoms with Gasteiger partial charge in [0.2, 0.25) is 0 Å². The maximum Gasteiger partial charge on any atom is 0.183 e. The van der Waals surface area contributed by atoms with E-state index in [-0.39, 0.29) is 24.7 Å². The Bertz CT molecular complexity index is 1060. The number of β-amino-alcohol motifs (C(OH)–C–C–N with tert-alkyl or cyclic N) is 2. The summed E-state index contributed by atoms with van der Waals surface area (Å²) in [5, 5.41) is 38.8. The lowest BCUT2D eigenvalue weighted by atomic mass is 9.73. The molecule has 0 radical (unpaired) electrons. The van der Waals surface area contributed by atoms with E-state index in [9.17, 15) is 38.4 Å². The number of rotatable bonds is 3. The van der Waals surface area contributed by atoms with Gasteiger partial charge in [0.05, 0.1) is 23.2 Å². The van der Waals surface area contributed by atoms with E-state index in [0.29, 0.717) is 12.1 Å². The normalized spacial score (nSPS) is 28.4. The number of carbonyl (C=O) groups is 1. The minimum atomic E-state index is -2.34. The summed E-state index contributed by atoms with van der Waals surface area (Å²) in [6.07, 6.45) is -4.60. The number of likely N-dealkylation sites (tertiary alicyclic amines) is 1. The average molecular weight is 457 g/mol. The lowest BCUT2D eigenvalue weighted by molar-refractivity contribution is -0.125. The fourth-order valence-electron chi connectivity index (χ4n) is 4.14. The van der Waals surface area contributed by atoms with Crippen LogP contribution in [0.4, 0.5) is 23.2 Å². The maximum absolute atomic E-state index is 15.1. The van der Waals surface area contributed by atoms with E-state index < -0.39 is 70.7 Å². The molecule has 0 aliphatic carbocycles. The van der Waals surface area contributed by atoms with Crippen LogP contribution < -0.4 is 4.90 Å². The second kappa shape index (κ2) is 7.66. The molecule has 4 N–H and O–H groups in total. The number of allylic oxidation sites excluding steroid dienone is 1. The zero-order valence-corrected chi connectivity index (χ0v) is 16.6. The number of Topliss-reactive ketones (excluding diaryl/α,β-unsaturated/α-hetero) is 1. The fourth-order valence-corrected chi connectivity index (χ4v) is 4.14. The Morgan fingerprint density at radius 3 is 2.19 bits per heavy atom. The number of aliphatic hydroxyl groups is 4. The Balaban J connectivity index is 1.92. The van der Waals surface area contributed by atoms with Crippen LogP contribution in [0, 0.1) is 22.9 Å². The number of fused-ring (bicyclic) bond motifs is 1. The van der Waals surface area contributed by atoms with E-state index in [1.807, 2.05) is 0 Å². The van der Waals surface area contributed by atoms with Crippen LogP contribution in [0.3, 0.4) is 0 Å². The molecule has 0 bridgehead atoms. The van der Waals surface area contributed by atoms with Crippen LogP contribution in [0.1, 0.15) is 13.3 Å². The Kier molecular flexibility index (Phi) is 5.36. The van der Waals surface area contributed by atoms with E-state index in [0.717, 1.165) is 11.1 Å². The van der Waals surface area contributed by atoms with Crippen molar-refractivity contribution in [3.63, 3.8) is 0 Å². The first-order valence-electron chi connectivity index (χ1n) is 9.59. The number of benzene rings is 1. The molecule has 3 aliphatic rings. The first-order valence-corrected chi connectivity index (χ1v) is 9.59. The minimum absolute atomic E-state index is 0.179. The predicted octanol–water partition coefficient (Wildman–Crippen LogP) is 0.672. The van der Waals surface area contributed by atoms with Gasteiger partial charge in [-0.25, -0.2) is 22.6 Å². The van der Waals surface area contributed by atoms with Crippen molar-refractivity contribution in [3.05, 3.63) is 53.0 Å². The van der Waals surface area contributed by atoms with Crippen molar-refractivity contribution >= 4 is 17.3 Å². The van der Waals surface area contributed by atoms with Crippen molar-refractivity contribution < 1.29 is 42.8 Å². The molecule has 1 aromatic carbocycles. The first kappa shape index (κ1) is 22.4. The molecule has 3 aliphatic heterocycles. The topological polar surface area (TPSA) is 117 Å². The van der Waals surface area contributed by atoms with Gasteiger partial charge in [0, 0.05) is 37.8 Å². The van der Waals surface area contributed by atoms with E-state index in [2.05, 4.69) is 4.99 Å². The quantitative estimate of drug-likeness (QED) is 0.390. The molecule has 0 aromatic heterocycles. The summed E-state index contributed by atoms with van der Waals surface area (Å²) in [6.45, 7) is 0.863. The molecular weight excluding hydrogens is 438 g/mol. The third-order valence-corrected chi connectivity index (χ3v) is 5.78. The van der Waals surface area contributed by atoms with Crippen molar-refractivity contribution in [2.45, 2.75) is 31.8 Å². The minimum Gasteiger partial charge on any atom is -0.389 e. The number of aliphatic imine (C=N–C) groups is 1. The van der Waals surface area contributed by atoms with Gasteiger partial charge in [-0.1, -0.05) is 0 Å². The van der Waals surface area contributed by atoms with Crippen LogP contribution in [0.5, 0.6) is 0 Å². The van der Waals surface area contributed by atoms with Crippen molar-refractivity contribution in [3.8, 4) is 0 Å². The number of nitrogens with zero attached hydrogens (tertiary/aromatic N) is 3. The molecule has 12 heteroatoms. The molecule has 1 saturated heterocycles. The average Bonchev–Trinajstić information content (AvgIpc) is 3.01. The Morgan fingerprint density at radius 2 is 1.66 bits per heavy atom. The summed E-state index contributed by atoms with van der Waals surface area (Å²) >= 11 is 0. The zero-order chi connectivity index (χ0) is 23.5. The number of hydrogen-bond donors (Lipinski definition) is 4. The molecule has 0 spiro atoms. The third-order valence-electron chi connectivity index (χ3n) is 5.78. The van der Waals surface area contributed by atoms with E-state index in [4.69, 9.17) is 0 Å².